The molecule has 0 unspecified atom stereocenters. The van der Waals surface area contributed by atoms with Gasteiger partial charge in [0.1, 0.15) is 5.75 Å². The Kier molecular flexibility index (Phi) is 9.48. The molecule has 0 bridgehead atoms. The molecule has 2 nitrogen and oxygen atoms in total. The van der Waals surface area contributed by atoms with Crippen LogP contribution in [0.1, 0.15) is 116 Å². The first-order valence-corrected chi connectivity index (χ1v) is 13.4. The van der Waals surface area contributed by atoms with Crippen LogP contribution in [0.4, 0.5) is 0 Å². The van der Waals surface area contributed by atoms with Crippen molar-refractivity contribution in [2.24, 2.45) is 29.6 Å². The normalized spacial score (nSPS) is 33.7. The second kappa shape index (κ2) is 12.1. The Balaban J connectivity index is 0.00000132. The van der Waals surface area contributed by atoms with E-state index in [9.17, 15) is 4.79 Å². The van der Waals surface area contributed by atoms with Crippen LogP contribution in [0.25, 0.3) is 0 Å². The highest BCUT2D eigenvalue weighted by Crippen LogP contribution is 2.41. The van der Waals surface area contributed by atoms with Crippen LogP contribution in [-0.4, -0.2) is 5.97 Å². The molecule has 3 aliphatic rings. The monoisotopic (exact) mass is 426 g/mol. The second-order valence-corrected chi connectivity index (χ2v) is 10.6. The highest BCUT2D eigenvalue weighted by atomic mass is 16.5. The standard InChI is InChI=1S/C27H40O2.C2H6/c1-19-3-7-21(8-4-19)23-11-13-25(14-12-23)27(28)29-26-17-15-24(16-18-26)22-9-5-20(2)6-10-22;1-2/h15-23,25H,3-14H2,1-2H3;1-2H3. The van der Waals surface area contributed by atoms with Crippen LogP contribution in [0.2, 0.25) is 0 Å². The number of hydrogen-bond acceptors (Lipinski definition) is 2. The van der Waals surface area contributed by atoms with Crippen molar-refractivity contribution in [3.8, 4) is 5.75 Å². The smallest absolute Gasteiger partial charge is 0.314 e. The molecule has 0 N–H and O–H groups in total. The van der Waals surface area contributed by atoms with Gasteiger partial charge in [0.15, 0.2) is 0 Å². The van der Waals surface area contributed by atoms with Gasteiger partial charge in [-0.15, -0.1) is 0 Å². The number of rotatable bonds is 4. The third-order valence-corrected chi connectivity index (χ3v) is 8.42. The molecule has 0 saturated heterocycles. The van der Waals surface area contributed by atoms with Crippen LogP contribution in [0.5, 0.6) is 5.75 Å². The van der Waals surface area contributed by atoms with Gasteiger partial charge in [-0.3, -0.25) is 4.79 Å². The minimum Gasteiger partial charge on any atom is -0.426 e. The summed E-state index contributed by atoms with van der Waals surface area (Å²) in [5.41, 5.74) is 1.42. The zero-order valence-corrected chi connectivity index (χ0v) is 20.6. The van der Waals surface area contributed by atoms with E-state index in [-0.39, 0.29) is 11.9 Å². The molecular weight excluding hydrogens is 380 g/mol. The molecule has 3 fully saturated rings. The molecule has 1 aromatic carbocycles. The number of benzene rings is 1. The van der Waals surface area contributed by atoms with E-state index in [2.05, 4.69) is 26.0 Å². The first kappa shape index (κ1) is 24.3. The molecule has 0 spiro atoms. The second-order valence-electron chi connectivity index (χ2n) is 10.6. The highest BCUT2D eigenvalue weighted by Gasteiger charge is 2.33. The molecule has 3 saturated carbocycles. The maximum atomic E-state index is 12.7. The number of esters is 1. The van der Waals surface area contributed by atoms with Crippen molar-refractivity contribution in [2.75, 3.05) is 0 Å². The average molecular weight is 427 g/mol. The van der Waals surface area contributed by atoms with Crippen molar-refractivity contribution < 1.29 is 9.53 Å². The summed E-state index contributed by atoms with van der Waals surface area (Å²) in [6.07, 6.45) is 15.4. The van der Waals surface area contributed by atoms with Crippen molar-refractivity contribution in [3.05, 3.63) is 29.8 Å². The van der Waals surface area contributed by atoms with Gasteiger partial charge < -0.3 is 4.74 Å². The predicted octanol–water partition coefficient (Wildman–Crippen LogP) is 8.54. The van der Waals surface area contributed by atoms with Crippen molar-refractivity contribution in [3.63, 3.8) is 0 Å². The molecule has 0 aliphatic heterocycles. The van der Waals surface area contributed by atoms with E-state index < -0.39 is 0 Å². The van der Waals surface area contributed by atoms with E-state index in [0.29, 0.717) is 5.92 Å². The summed E-state index contributed by atoms with van der Waals surface area (Å²) in [7, 11) is 0. The molecule has 0 heterocycles. The molecule has 0 radical (unpaired) electrons. The summed E-state index contributed by atoms with van der Waals surface area (Å²) >= 11 is 0. The lowest BCUT2D eigenvalue weighted by molar-refractivity contribution is -0.140. The fourth-order valence-corrected chi connectivity index (χ4v) is 6.18. The molecule has 0 aromatic heterocycles. The predicted molar refractivity (Wildman–Crippen MR) is 130 cm³/mol. The zero-order chi connectivity index (χ0) is 22.2. The van der Waals surface area contributed by atoms with Crippen molar-refractivity contribution in [2.45, 2.75) is 111 Å². The molecule has 31 heavy (non-hydrogen) atoms. The van der Waals surface area contributed by atoms with Crippen LogP contribution in [0.3, 0.4) is 0 Å². The Hall–Kier alpha value is -1.31. The van der Waals surface area contributed by atoms with E-state index >= 15 is 0 Å². The van der Waals surface area contributed by atoms with Gasteiger partial charge in [-0.05, 0) is 98.7 Å². The summed E-state index contributed by atoms with van der Waals surface area (Å²) < 4.78 is 5.77. The largest absolute Gasteiger partial charge is 0.426 e. The van der Waals surface area contributed by atoms with Crippen molar-refractivity contribution >= 4 is 5.97 Å². The Bertz CT molecular complexity index is 640. The number of ether oxygens (including phenoxy) is 1. The van der Waals surface area contributed by atoms with Crippen LogP contribution in [0, 0.1) is 29.6 Å². The lowest BCUT2D eigenvalue weighted by Crippen LogP contribution is -2.29. The van der Waals surface area contributed by atoms with E-state index in [1.807, 2.05) is 26.0 Å². The van der Waals surface area contributed by atoms with Gasteiger partial charge in [-0.1, -0.05) is 65.5 Å². The minimum atomic E-state index is -0.0000393. The molecule has 4 rings (SSSR count). The van der Waals surface area contributed by atoms with E-state index in [4.69, 9.17) is 4.74 Å². The van der Waals surface area contributed by atoms with Crippen molar-refractivity contribution in [1.82, 2.24) is 0 Å². The molecule has 2 heteroatoms. The average Bonchev–Trinajstić information content (AvgIpc) is 2.82. The fourth-order valence-electron chi connectivity index (χ4n) is 6.18. The molecule has 0 atom stereocenters. The Morgan fingerprint density at radius 2 is 1.13 bits per heavy atom. The van der Waals surface area contributed by atoms with Gasteiger partial charge >= 0.3 is 5.97 Å². The van der Waals surface area contributed by atoms with E-state index in [1.54, 1.807) is 0 Å². The molecule has 0 amide bonds. The maximum absolute atomic E-state index is 12.7. The summed E-state index contributed by atoms with van der Waals surface area (Å²) in [5.74, 6) is 5.09. The third kappa shape index (κ3) is 6.83. The first-order valence-electron chi connectivity index (χ1n) is 13.4. The maximum Gasteiger partial charge on any atom is 0.314 e. The van der Waals surface area contributed by atoms with Crippen LogP contribution >= 0.6 is 0 Å². The minimum absolute atomic E-state index is 0.0000393. The number of carbonyl (C=O) groups is 1. The first-order chi connectivity index (χ1) is 15.1. The SMILES string of the molecule is CC.CC1CCC(c2ccc(OC(=O)C3CCC(C4CCC(C)CC4)CC3)cc2)CC1. The number of carbonyl (C=O) groups excluding carboxylic acids is 1. The van der Waals surface area contributed by atoms with Gasteiger partial charge in [0, 0.05) is 0 Å². The highest BCUT2D eigenvalue weighted by molar-refractivity contribution is 5.75. The summed E-state index contributed by atoms with van der Waals surface area (Å²) in [4.78, 5) is 12.7. The van der Waals surface area contributed by atoms with E-state index in [1.165, 1.54) is 69.8 Å². The van der Waals surface area contributed by atoms with Gasteiger partial charge in [-0.2, -0.15) is 0 Å². The van der Waals surface area contributed by atoms with Gasteiger partial charge in [0.05, 0.1) is 5.92 Å². The molecular formula is C29H46O2. The van der Waals surface area contributed by atoms with Crippen LogP contribution < -0.4 is 4.74 Å². The summed E-state index contributed by atoms with van der Waals surface area (Å²) in [5, 5.41) is 0. The molecule has 1 aromatic rings. The van der Waals surface area contributed by atoms with Crippen LogP contribution in [0.15, 0.2) is 24.3 Å². The molecule has 3 aliphatic carbocycles. The lowest BCUT2D eigenvalue weighted by Gasteiger charge is -2.36. The van der Waals surface area contributed by atoms with Gasteiger partial charge in [-0.25, -0.2) is 0 Å². The third-order valence-electron chi connectivity index (χ3n) is 8.42. The quantitative estimate of drug-likeness (QED) is 0.356. The van der Waals surface area contributed by atoms with Crippen molar-refractivity contribution in [1.29, 1.82) is 0 Å². The topological polar surface area (TPSA) is 26.3 Å². The Labute approximate surface area is 191 Å². The van der Waals surface area contributed by atoms with Crippen LogP contribution in [-0.2, 0) is 4.79 Å². The summed E-state index contributed by atoms with van der Waals surface area (Å²) in [6, 6.07) is 8.40. The Morgan fingerprint density at radius 3 is 1.65 bits per heavy atom. The lowest BCUT2D eigenvalue weighted by atomic mass is 9.69. The fraction of sp³-hybridized carbons (Fsp3) is 0.759. The zero-order valence-electron chi connectivity index (χ0n) is 20.6. The molecule has 174 valence electrons. The van der Waals surface area contributed by atoms with Gasteiger partial charge in [0.2, 0.25) is 0 Å². The van der Waals surface area contributed by atoms with E-state index in [0.717, 1.165) is 42.3 Å². The Morgan fingerprint density at radius 1 is 0.677 bits per heavy atom. The number of hydrogen-bond donors (Lipinski definition) is 0. The summed E-state index contributed by atoms with van der Waals surface area (Å²) in [6.45, 7) is 8.76. The van der Waals surface area contributed by atoms with Gasteiger partial charge in [0.25, 0.3) is 0 Å².